The number of aromatic nitrogens is 1. The van der Waals surface area contributed by atoms with Crippen molar-refractivity contribution in [2.75, 3.05) is 13.1 Å². The molecule has 2 heterocycles. The predicted octanol–water partition coefficient (Wildman–Crippen LogP) is 6.37. The third-order valence-corrected chi connectivity index (χ3v) is 7.11. The minimum Gasteiger partial charge on any atom is -0.361 e. The van der Waals surface area contributed by atoms with Crippen LogP contribution in [0.15, 0.2) is 72.2 Å². The molecule has 2 aromatic carbocycles. The number of rotatable bonds is 9. The molecule has 0 aliphatic heterocycles. The summed E-state index contributed by atoms with van der Waals surface area (Å²) in [6.45, 7) is 4.07. The molecule has 4 aromatic rings. The number of thiophene rings is 1. The summed E-state index contributed by atoms with van der Waals surface area (Å²) in [6, 6.07) is 16.0. The van der Waals surface area contributed by atoms with Gasteiger partial charge in [-0.2, -0.15) is 13.2 Å². The van der Waals surface area contributed by atoms with E-state index in [-0.39, 0.29) is 30.9 Å². The standard InChI is InChI=1S/C28H28F3N3O2S/c1-19(2)34(27(36)25-8-5-15-37-25)18-26(35)33(17-20-9-11-22(12-10-20)28(29,30)31)14-13-21-16-32-24-7-4-3-6-23(21)24/h3-12,15-16,19,32H,13-14,17-18H2,1-2H3. The van der Waals surface area contributed by atoms with Gasteiger partial charge < -0.3 is 14.8 Å². The molecule has 0 atom stereocenters. The van der Waals surface area contributed by atoms with Crippen molar-refractivity contribution in [3.05, 3.63) is 93.8 Å². The van der Waals surface area contributed by atoms with E-state index >= 15 is 0 Å². The molecule has 4 rings (SSSR count). The minimum atomic E-state index is -4.43. The lowest BCUT2D eigenvalue weighted by molar-refractivity contribution is -0.137. The molecule has 9 heteroatoms. The third-order valence-electron chi connectivity index (χ3n) is 6.26. The molecule has 37 heavy (non-hydrogen) atoms. The predicted molar refractivity (Wildman–Crippen MR) is 139 cm³/mol. The zero-order valence-corrected chi connectivity index (χ0v) is 21.4. The van der Waals surface area contributed by atoms with Crippen molar-refractivity contribution in [1.29, 1.82) is 0 Å². The summed E-state index contributed by atoms with van der Waals surface area (Å²) in [5.41, 5.74) is 1.88. The monoisotopic (exact) mass is 527 g/mol. The van der Waals surface area contributed by atoms with Crippen LogP contribution >= 0.6 is 11.3 Å². The van der Waals surface area contributed by atoms with Gasteiger partial charge >= 0.3 is 6.18 Å². The highest BCUT2D eigenvalue weighted by Crippen LogP contribution is 2.29. The highest BCUT2D eigenvalue weighted by Gasteiger charge is 2.30. The zero-order chi connectivity index (χ0) is 26.6. The lowest BCUT2D eigenvalue weighted by Crippen LogP contribution is -2.46. The van der Waals surface area contributed by atoms with Gasteiger partial charge in [0.15, 0.2) is 0 Å². The number of halogens is 3. The molecular formula is C28H28F3N3O2S. The van der Waals surface area contributed by atoms with Gasteiger partial charge in [-0.25, -0.2) is 0 Å². The fourth-order valence-electron chi connectivity index (χ4n) is 4.18. The van der Waals surface area contributed by atoms with Crippen LogP contribution in [0.2, 0.25) is 0 Å². The first kappa shape index (κ1) is 26.5. The molecule has 2 amide bonds. The topological polar surface area (TPSA) is 56.4 Å². The molecule has 0 saturated heterocycles. The number of nitrogens with zero attached hydrogens (tertiary/aromatic N) is 2. The zero-order valence-electron chi connectivity index (χ0n) is 20.6. The second-order valence-corrected chi connectivity index (χ2v) is 10.1. The molecule has 2 aromatic heterocycles. The maximum atomic E-state index is 13.5. The number of carbonyl (C=O) groups is 2. The minimum absolute atomic E-state index is 0.122. The lowest BCUT2D eigenvalue weighted by Gasteiger charge is -2.30. The Morgan fingerprint density at radius 1 is 1.00 bits per heavy atom. The van der Waals surface area contributed by atoms with Gasteiger partial charge in [0.05, 0.1) is 10.4 Å². The summed E-state index contributed by atoms with van der Waals surface area (Å²) in [6.07, 6.45) is -1.97. The van der Waals surface area contributed by atoms with Crippen LogP contribution in [0, 0.1) is 0 Å². The maximum Gasteiger partial charge on any atom is 0.416 e. The summed E-state index contributed by atoms with van der Waals surface area (Å²) < 4.78 is 39.1. The Morgan fingerprint density at radius 2 is 1.73 bits per heavy atom. The first-order chi connectivity index (χ1) is 17.6. The highest BCUT2D eigenvalue weighted by atomic mass is 32.1. The summed E-state index contributed by atoms with van der Waals surface area (Å²) in [5.74, 6) is -0.484. The normalized spacial score (nSPS) is 11.7. The SMILES string of the molecule is CC(C)N(CC(=O)N(CCc1c[nH]c2ccccc12)Cc1ccc(C(F)(F)F)cc1)C(=O)c1cccs1. The van der Waals surface area contributed by atoms with Crippen LogP contribution in [0.5, 0.6) is 0 Å². The van der Waals surface area contributed by atoms with E-state index in [1.165, 1.54) is 28.4 Å². The number of carbonyl (C=O) groups excluding carboxylic acids is 2. The van der Waals surface area contributed by atoms with Gasteiger partial charge in [-0.05, 0) is 61.0 Å². The Bertz CT molecular complexity index is 1350. The maximum absolute atomic E-state index is 13.5. The Hall–Kier alpha value is -3.59. The number of alkyl halides is 3. The van der Waals surface area contributed by atoms with E-state index in [4.69, 9.17) is 0 Å². The van der Waals surface area contributed by atoms with Crippen molar-refractivity contribution in [1.82, 2.24) is 14.8 Å². The van der Waals surface area contributed by atoms with E-state index in [0.717, 1.165) is 28.6 Å². The molecular weight excluding hydrogens is 499 g/mol. The smallest absolute Gasteiger partial charge is 0.361 e. The van der Waals surface area contributed by atoms with Crippen LogP contribution < -0.4 is 0 Å². The summed E-state index contributed by atoms with van der Waals surface area (Å²) in [7, 11) is 0. The number of fused-ring (bicyclic) bond motifs is 1. The molecule has 194 valence electrons. The van der Waals surface area contributed by atoms with E-state index in [1.54, 1.807) is 17.0 Å². The van der Waals surface area contributed by atoms with E-state index < -0.39 is 11.7 Å². The Balaban J connectivity index is 1.55. The van der Waals surface area contributed by atoms with Crippen molar-refractivity contribution in [3.63, 3.8) is 0 Å². The number of benzene rings is 2. The fourth-order valence-corrected chi connectivity index (χ4v) is 4.86. The van der Waals surface area contributed by atoms with E-state index in [2.05, 4.69) is 4.98 Å². The molecule has 1 N–H and O–H groups in total. The second-order valence-electron chi connectivity index (χ2n) is 9.12. The molecule has 0 fully saturated rings. The average Bonchev–Trinajstić information content (AvgIpc) is 3.55. The van der Waals surface area contributed by atoms with Crippen molar-refractivity contribution < 1.29 is 22.8 Å². The van der Waals surface area contributed by atoms with Crippen LogP contribution in [0.25, 0.3) is 10.9 Å². The number of aromatic amines is 1. The van der Waals surface area contributed by atoms with Crippen molar-refractivity contribution in [2.45, 2.75) is 39.0 Å². The number of H-pyrrole nitrogens is 1. The largest absolute Gasteiger partial charge is 0.416 e. The van der Waals surface area contributed by atoms with Crippen LogP contribution in [-0.2, 0) is 23.9 Å². The molecule has 0 unspecified atom stereocenters. The van der Waals surface area contributed by atoms with Gasteiger partial charge in [0.2, 0.25) is 5.91 Å². The number of para-hydroxylation sites is 1. The highest BCUT2D eigenvalue weighted by molar-refractivity contribution is 7.12. The Kier molecular flexibility index (Phi) is 8.02. The van der Waals surface area contributed by atoms with E-state index in [9.17, 15) is 22.8 Å². The number of amides is 2. The molecule has 0 aliphatic carbocycles. The number of hydrogen-bond acceptors (Lipinski definition) is 3. The summed E-state index contributed by atoms with van der Waals surface area (Å²) in [5, 5.41) is 2.87. The van der Waals surface area contributed by atoms with Gasteiger partial charge in [0.1, 0.15) is 6.54 Å². The van der Waals surface area contributed by atoms with Crippen LogP contribution in [0.3, 0.4) is 0 Å². The third kappa shape index (κ3) is 6.40. The second kappa shape index (κ2) is 11.2. The Morgan fingerprint density at radius 3 is 2.38 bits per heavy atom. The molecule has 0 bridgehead atoms. The van der Waals surface area contributed by atoms with Gasteiger partial charge in [-0.15, -0.1) is 11.3 Å². The molecule has 0 radical (unpaired) electrons. The van der Waals surface area contributed by atoms with Crippen molar-refractivity contribution in [3.8, 4) is 0 Å². The molecule has 5 nitrogen and oxygen atoms in total. The average molecular weight is 528 g/mol. The van der Waals surface area contributed by atoms with E-state index in [0.29, 0.717) is 23.4 Å². The number of nitrogens with one attached hydrogen (secondary N) is 1. The lowest BCUT2D eigenvalue weighted by atomic mass is 10.1. The van der Waals surface area contributed by atoms with Crippen LogP contribution in [0.4, 0.5) is 13.2 Å². The molecule has 0 saturated carbocycles. The van der Waals surface area contributed by atoms with Crippen LogP contribution in [-0.4, -0.2) is 45.7 Å². The van der Waals surface area contributed by atoms with Gasteiger partial charge in [-0.3, -0.25) is 9.59 Å². The van der Waals surface area contributed by atoms with Crippen molar-refractivity contribution >= 4 is 34.1 Å². The first-order valence-corrected chi connectivity index (χ1v) is 12.8. The molecule has 0 spiro atoms. The van der Waals surface area contributed by atoms with Crippen molar-refractivity contribution in [2.24, 2.45) is 0 Å². The van der Waals surface area contributed by atoms with Gasteiger partial charge in [0, 0.05) is 36.2 Å². The summed E-state index contributed by atoms with van der Waals surface area (Å²) >= 11 is 1.32. The van der Waals surface area contributed by atoms with E-state index in [1.807, 2.05) is 49.7 Å². The summed E-state index contributed by atoms with van der Waals surface area (Å²) in [4.78, 5) is 33.5. The van der Waals surface area contributed by atoms with Gasteiger partial charge in [0.25, 0.3) is 5.91 Å². The quantitative estimate of drug-likeness (QED) is 0.275. The van der Waals surface area contributed by atoms with Crippen LogP contribution in [0.1, 0.15) is 40.2 Å². The molecule has 0 aliphatic rings. The Labute approximate surface area is 217 Å². The first-order valence-electron chi connectivity index (χ1n) is 12.0. The number of hydrogen-bond donors (Lipinski definition) is 1. The van der Waals surface area contributed by atoms with Gasteiger partial charge in [-0.1, -0.05) is 36.4 Å². The fraction of sp³-hybridized carbons (Fsp3) is 0.286.